The van der Waals surface area contributed by atoms with Crippen molar-refractivity contribution >= 4 is 23.2 Å². The van der Waals surface area contributed by atoms with Gasteiger partial charge in [0.1, 0.15) is 0 Å². The Kier molecular flexibility index (Phi) is 6.60. The Labute approximate surface area is 156 Å². The van der Waals surface area contributed by atoms with Crippen LogP contribution in [0.15, 0.2) is 24.3 Å². The molecule has 1 aromatic rings. The number of anilines is 1. The Hall–Kier alpha value is -1.26. The van der Waals surface area contributed by atoms with Gasteiger partial charge in [-0.05, 0) is 38.0 Å². The molecule has 0 unspecified atom stereocenters. The highest BCUT2D eigenvalue weighted by Gasteiger charge is 2.27. The van der Waals surface area contributed by atoms with E-state index in [0.29, 0.717) is 6.04 Å². The molecular formula is C20H30ClN3O. The third-order valence-electron chi connectivity index (χ3n) is 5.62. The van der Waals surface area contributed by atoms with Crippen LogP contribution in [0.5, 0.6) is 0 Å². The summed E-state index contributed by atoms with van der Waals surface area (Å²) in [7, 11) is 0. The molecule has 1 aliphatic heterocycles. The van der Waals surface area contributed by atoms with Crippen LogP contribution in [-0.4, -0.2) is 49.1 Å². The molecule has 1 saturated heterocycles. The fourth-order valence-corrected chi connectivity index (χ4v) is 4.14. The van der Waals surface area contributed by atoms with Crippen LogP contribution in [0, 0.1) is 0 Å². The number of carbonyl (C=O) groups excluding carboxylic acids is 1. The zero-order chi connectivity index (χ0) is 17.6. The molecular weight excluding hydrogens is 334 g/mol. The van der Waals surface area contributed by atoms with Crippen LogP contribution in [0.3, 0.4) is 0 Å². The van der Waals surface area contributed by atoms with E-state index in [4.69, 9.17) is 11.6 Å². The normalized spacial score (nSPS) is 21.6. The van der Waals surface area contributed by atoms with Crippen molar-refractivity contribution < 1.29 is 4.79 Å². The van der Waals surface area contributed by atoms with Gasteiger partial charge in [-0.3, -0.25) is 9.69 Å². The molecule has 0 aromatic heterocycles. The molecule has 1 heterocycles. The largest absolute Gasteiger partial charge is 0.369 e. The van der Waals surface area contributed by atoms with Gasteiger partial charge in [0.25, 0.3) is 0 Å². The van der Waals surface area contributed by atoms with E-state index in [2.05, 4.69) is 21.2 Å². The van der Waals surface area contributed by atoms with Crippen molar-refractivity contribution in [3.05, 3.63) is 29.3 Å². The van der Waals surface area contributed by atoms with Crippen LogP contribution < -0.4 is 10.2 Å². The summed E-state index contributed by atoms with van der Waals surface area (Å²) in [6.07, 6.45) is 7.40. The third-order valence-corrected chi connectivity index (χ3v) is 5.85. The molecule has 138 valence electrons. The molecule has 0 spiro atoms. The van der Waals surface area contributed by atoms with Crippen molar-refractivity contribution in [3.8, 4) is 0 Å². The van der Waals surface area contributed by atoms with Crippen LogP contribution in [0.1, 0.15) is 45.4 Å². The number of nitrogens with one attached hydrogen (secondary N) is 1. The number of amides is 1. The summed E-state index contributed by atoms with van der Waals surface area (Å²) < 4.78 is 0. The third kappa shape index (κ3) is 5.11. The van der Waals surface area contributed by atoms with Crippen molar-refractivity contribution in [2.45, 2.75) is 57.5 Å². The Morgan fingerprint density at radius 3 is 2.44 bits per heavy atom. The van der Waals surface area contributed by atoms with Crippen molar-refractivity contribution in [2.75, 3.05) is 31.1 Å². The first-order valence-electron chi connectivity index (χ1n) is 9.68. The number of benzene rings is 1. The molecule has 0 bridgehead atoms. The van der Waals surface area contributed by atoms with Gasteiger partial charge >= 0.3 is 0 Å². The maximum absolute atomic E-state index is 12.6. The van der Waals surface area contributed by atoms with Gasteiger partial charge in [-0.2, -0.15) is 0 Å². The monoisotopic (exact) mass is 363 g/mol. The average Bonchev–Trinajstić information content (AvgIpc) is 2.90. The summed E-state index contributed by atoms with van der Waals surface area (Å²) in [5.41, 5.74) is 1.17. The predicted molar refractivity (Wildman–Crippen MR) is 104 cm³/mol. The van der Waals surface area contributed by atoms with E-state index < -0.39 is 0 Å². The molecule has 0 radical (unpaired) electrons. The van der Waals surface area contributed by atoms with Gasteiger partial charge < -0.3 is 10.2 Å². The molecule has 4 nitrogen and oxygen atoms in total. The number of piperazine rings is 1. The van der Waals surface area contributed by atoms with Crippen LogP contribution >= 0.6 is 11.6 Å². The van der Waals surface area contributed by atoms with Crippen molar-refractivity contribution in [3.63, 3.8) is 0 Å². The number of hydrogen-bond acceptors (Lipinski definition) is 3. The van der Waals surface area contributed by atoms with Crippen LogP contribution in [0.4, 0.5) is 5.69 Å². The van der Waals surface area contributed by atoms with E-state index in [1.807, 2.05) is 25.1 Å². The fourth-order valence-electron chi connectivity index (χ4n) is 3.95. The predicted octanol–water partition coefficient (Wildman–Crippen LogP) is 3.69. The van der Waals surface area contributed by atoms with Gasteiger partial charge in [-0.1, -0.05) is 43.4 Å². The minimum absolute atomic E-state index is 0.0511. The minimum Gasteiger partial charge on any atom is -0.369 e. The van der Waals surface area contributed by atoms with Crippen LogP contribution in [0.2, 0.25) is 5.02 Å². The van der Waals surface area contributed by atoms with Crippen molar-refractivity contribution in [1.29, 1.82) is 0 Å². The summed E-state index contributed by atoms with van der Waals surface area (Å²) >= 11 is 6.10. The Morgan fingerprint density at radius 2 is 1.80 bits per heavy atom. The summed E-state index contributed by atoms with van der Waals surface area (Å²) in [6.45, 7) is 5.72. The first-order chi connectivity index (χ1) is 12.1. The average molecular weight is 364 g/mol. The van der Waals surface area contributed by atoms with E-state index in [-0.39, 0.29) is 11.9 Å². The molecule has 1 amide bonds. The lowest BCUT2D eigenvalue weighted by Crippen LogP contribution is -2.55. The number of nitrogens with zero attached hydrogens (tertiary/aromatic N) is 2. The molecule has 25 heavy (non-hydrogen) atoms. The van der Waals surface area contributed by atoms with E-state index >= 15 is 0 Å². The van der Waals surface area contributed by atoms with E-state index in [0.717, 1.165) is 44.0 Å². The topological polar surface area (TPSA) is 35.6 Å². The van der Waals surface area contributed by atoms with Gasteiger partial charge in [-0.25, -0.2) is 0 Å². The molecule has 5 heteroatoms. The maximum Gasteiger partial charge on any atom is 0.237 e. The maximum atomic E-state index is 12.6. The van der Waals surface area contributed by atoms with Crippen molar-refractivity contribution in [1.82, 2.24) is 10.2 Å². The summed E-state index contributed by atoms with van der Waals surface area (Å²) in [6, 6.07) is 8.34. The zero-order valence-corrected chi connectivity index (χ0v) is 16.0. The Morgan fingerprint density at radius 1 is 1.12 bits per heavy atom. The molecule has 2 aliphatic rings. The van der Waals surface area contributed by atoms with Crippen LogP contribution in [0.25, 0.3) is 0 Å². The highest BCUT2D eigenvalue weighted by atomic mass is 35.5. The molecule has 1 saturated carbocycles. The number of carbonyl (C=O) groups is 1. The summed E-state index contributed by atoms with van der Waals surface area (Å²) in [4.78, 5) is 17.3. The SMILES string of the molecule is C[C@H](C(=O)NC1CCCCCC1)N1CCN(c2cccc(Cl)c2)CC1. The van der Waals surface area contributed by atoms with Gasteiger partial charge in [0, 0.05) is 42.9 Å². The zero-order valence-electron chi connectivity index (χ0n) is 15.2. The van der Waals surface area contributed by atoms with Gasteiger partial charge in [0.2, 0.25) is 5.91 Å². The number of rotatable bonds is 4. The lowest BCUT2D eigenvalue weighted by Gasteiger charge is -2.39. The van der Waals surface area contributed by atoms with E-state index in [1.54, 1.807) is 0 Å². The Balaban J connectivity index is 1.48. The molecule has 1 aliphatic carbocycles. The number of hydrogen-bond donors (Lipinski definition) is 1. The van der Waals surface area contributed by atoms with Crippen LogP contribution in [-0.2, 0) is 4.79 Å². The molecule has 1 N–H and O–H groups in total. The van der Waals surface area contributed by atoms with Gasteiger partial charge in [0.15, 0.2) is 0 Å². The Bertz CT molecular complexity index is 564. The molecule has 2 fully saturated rings. The highest BCUT2D eigenvalue weighted by molar-refractivity contribution is 6.30. The second-order valence-corrected chi connectivity index (χ2v) is 7.81. The standard InChI is InChI=1S/C20H30ClN3O/c1-16(20(25)22-18-8-4-2-3-5-9-18)23-11-13-24(14-12-23)19-10-6-7-17(21)15-19/h6-7,10,15-16,18H,2-5,8-9,11-14H2,1H3,(H,22,25)/t16-/m1/s1. The highest BCUT2D eigenvalue weighted by Crippen LogP contribution is 2.22. The lowest BCUT2D eigenvalue weighted by atomic mass is 10.1. The number of halogens is 1. The second kappa shape index (κ2) is 8.91. The first-order valence-corrected chi connectivity index (χ1v) is 10.1. The van der Waals surface area contributed by atoms with E-state index in [9.17, 15) is 4.79 Å². The summed E-state index contributed by atoms with van der Waals surface area (Å²) in [5, 5.41) is 4.07. The summed E-state index contributed by atoms with van der Waals surface area (Å²) in [5.74, 6) is 0.197. The van der Waals surface area contributed by atoms with Gasteiger partial charge in [-0.15, -0.1) is 0 Å². The quantitative estimate of drug-likeness (QED) is 0.829. The molecule has 3 rings (SSSR count). The smallest absolute Gasteiger partial charge is 0.237 e. The van der Waals surface area contributed by atoms with Crippen molar-refractivity contribution in [2.24, 2.45) is 0 Å². The molecule has 1 aromatic carbocycles. The molecule has 1 atom stereocenters. The lowest BCUT2D eigenvalue weighted by molar-refractivity contribution is -0.126. The second-order valence-electron chi connectivity index (χ2n) is 7.38. The first kappa shape index (κ1) is 18.5. The van der Waals surface area contributed by atoms with E-state index in [1.165, 1.54) is 31.4 Å². The fraction of sp³-hybridized carbons (Fsp3) is 0.650. The van der Waals surface area contributed by atoms with Gasteiger partial charge in [0.05, 0.1) is 6.04 Å². The minimum atomic E-state index is -0.0511.